The Labute approximate surface area is 294 Å². The molecule has 0 aliphatic heterocycles. The molecule has 0 saturated carbocycles. The first-order chi connectivity index (χ1) is 18.5. The molecule has 0 radical (unpaired) electrons. The molecule has 0 N–H and O–H groups in total. The average Bonchev–Trinajstić information content (AvgIpc) is 2.81. The van der Waals surface area contributed by atoms with Crippen molar-refractivity contribution in [2.24, 2.45) is 21.7 Å². The SMILES string of the molecule is CC(C)(C)C(=O)[CH-]C(=O)C(C)(C)C.CC(C)(C)C(=O)[CH-]C(=O)C(C)(C)C.COCCOCCOCCOCCOC.[Sr+2]. The summed E-state index contributed by atoms with van der Waals surface area (Å²) >= 11 is 0. The maximum absolute atomic E-state index is 11.4. The molecule has 0 aromatic rings. The van der Waals surface area contributed by atoms with Gasteiger partial charge in [-0.15, -0.1) is 0 Å². The third kappa shape index (κ3) is 31.1. The minimum Gasteiger partial charge on any atom is -0.382 e. The standard InChI is InChI=1S/2C11H19O2.C10H22O5.Sr/c2*1-10(2,3)8(12)7-9(13)11(4,5)6;1-11-3-5-13-7-9-15-10-8-14-6-4-12-2;/h2*7H,1-6H3;3-10H2,1-2H3;/q2*-1;;+2. The largest absolute Gasteiger partial charge is 2.00 e. The Morgan fingerprint density at radius 1 is 0.405 bits per heavy atom. The van der Waals surface area contributed by atoms with Crippen molar-refractivity contribution in [3.05, 3.63) is 12.8 Å². The number of carbonyl (C=O) groups excluding carboxylic acids is 4. The zero-order valence-electron chi connectivity index (χ0n) is 29.2. The van der Waals surface area contributed by atoms with Gasteiger partial charge in [0.05, 0.1) is 52.9 Å². The molecule has 0 spiro atoms. The van der Waals surface area contributed by atoms with E-state index in [0.29, 0.717) is 52.9 Å². The molecule has 0 atom stereocenters. The predicted molar refractivity (Wildman–Crippen MR) is 168 cm³/mol. The van der Waals surface area contributed by atoms with Gasteiger partial charge in [-0.2, -0.15) is 0 Å². The van der Waals surface area contributed by atoms with Crippen LogP contribution < -0.4 is 0 Å². The molecule has 0 amide bonds. The Balaban J connectivity index is -0.000000256. The van der Waals surface area contributed by atoms with Gasteiger partial charge in [0.1, 0.15) is 0 Å². The molecule has 0 aliphatic carbocycles. The van der Waals surface area contributed by atoms with Gasteiger partial charge in [-0.3, -0.25) is 12.8 Å². The van der Waals surface area contributed by atoms with Crippen LogP contribution >= 0.6 is 0 Å². The fourth-order valence-corrected chi connectivity index (χ4v) is 1.93. The Bertz CT molecular complexity index is 627. The third-order valence-electron chi connectivity index (χ3n) is 5.09. The van der Waals surface area contributed by atoms with E-state index in [9.17, 15) is 19.2 Å². The minimum atomic E-state index is -0.457. The minimum absolute atomic E-state index is 0. The second-order valence-electron chi connectivity index (χ2n) is 13.6. The van der Waals surface area contributed by atoms with Crippen molar-refractivity contribution in [2.45, 2.75) is 83.1 Å². The second kappa shape index (κ2) is 25.0. The van der Waals surface area contributed by atoms with E-state index >= 15 is 0 Å². The number of hydrogen-bond donors (Lipinski definition) is 0. The smallest absolute Gasteiger partial charge is 0.382 e. The summed E-state index contributed by atoms with van der Waals surface area (Å²) < 4.78 is 25.3. The normalized spacial score (nSPS) is 11.6. The number of rotatable bonds is 16. The Kier molecular flexibility index (Phi) is 28.9. The molecule has 0 aliphatic rings. The number of methoxy groups -OCH3 is 2. The molecule has 0 heterocycles. The van der Waals surface area contributed by atoms with E-state index in [-0.39, 0.29) is 68.6 Å². The Morgan fingerprint density at radius 3 is 0.714 bits per heavy atom. The first kappa shape index (κ1) is 48.6. The Morgan fingerprint density at radius 2 is 0.571 bits per heavy atom. The maximum Gasteiger partial charge on any atom is 2.00 e. The quantitative estimate of drug-likeness (QED) is 0.0986. The predicted octanol–water partition coefficient (Wildman–Crippen LogP) is 4.79. The summed E-state index contributed by atoms with van der Waals surface area (Å²) in [6.07, 6.45) is 2.44. The van der Waals surface area contributed by atoms with Crippen LogP contribution in [-0.2, 0) is 42.9 Å². The van der Waals surface area contributed by atoms with Crippen LogP contribution in [0.3, 0.4) is 0 Å². The molecule has 244 valence electrons. The van der Waals surface area contributed by atoms with E-state index in [4.69, 9.17) is 23.7 Å². The summed E-state index contributed by atoms with van der Waals surface area (Å²) in [7, 11) is 3.30. The number of carbonyl (C=O) groups is 4. The van der Waals surface area contributed by atoms with Crippen LogP contribution in [0.1, 0.15) is 83.1 Å². The fraction of sp³-hybridized carbons (Fsp3) is 0.812. The van der Waals surface area contributed by atoms with Gasteiger partial charge in [-0.25, -0.2) is 0 Å². The van der Waals surface area contributed by atoms with Crippen LogP contribution in [0, 0.1) is 34.5 Å². The average molecular weight is 676 g/mol. The first-order valence-corrected chi connectivity index (χ1v) is 14.1. The van der Waals surface area contributed by atoms with Gasteiger partial charge in [0, 0.05) is 37.4 Å². The third-order valence-corrected chi connectivity index (χ3v) is 5.09. The molecule has 9 nitrogen and oxygen atoms in total. The van der Waals surface area contributed by atoms with Gasteiger partial charge in [0.25, 0.3) is 0 Å². The molecule has 0 bridgehead atoms. The van der Waals surface area contributed by atoms with Crippen molar-refractivity contribution in [3.63, 3.8) is 0 Å². The summed E-state index contributed by atoms with van der Waals surface area (Å²) in [6, 6.07) is 0. The van der Waals surface area contributed by atoms with Gasteiger partial charge in [-0.1, -0.05) is 83.1 Å². The molecule has 0 aromatic heterocycles. The molecular weight excluding hydrogens is 616 g/mol. The van der Waals surface area contributed by atoms with Crippen LogP contribution in [0.5, 0.6) is 0 Å². The van der Waals surface area contributed by atoms with Crippen LogP contribution in [0.25, 0.3) is 0 Å². The molecule has 0 saturated heterocycles. The van der Waals surface area contributed by atoms with Gasteiger partial charge in [0.15, 0.2) is 0 Å². The van der Waals surface area contributed by atoms with Gasteiger partial charge < -0.3 is 42.9 Å². The van der Waals surface area contributed by atoms with Crippen LogP contribution in [0.2, 0.25) is 0 Å². The molecular formula is C32H60O9Sr. The van der Waals surface area contributed by atoms with E-state index in [1.54, 1.807) is 14.2 Å². The summed E-state index contributed by atoms with van der Waals surface area (Å²) in [5.74, 6) is -0.417. The number of Topliss-reactive ketones (excluding diaryl/α,β-unsaturated/α-hetero) is 4. The van der Waals surface area contributed by atoms with Crippen molar-refractivity contribution >= 4 is 68.6 Å². The van der Waals surface area contributed by atoms with Crippen LogP contribution in [0.4, 0.5) is 0 Å². The summed E-state index contributed by atoms with van der Waals surface area (Å²) in [6.45, 7) is 26.6. The number of hydrogen-bond acceptors (Lipinski definition) is 9. The van der Waals surface area contributed by atoms with Gasteiger partial charge in [-0.05, 0) is 21.7 Å². The number of ketones is 4. The van der Waals surface area contributed by atoms with Crippen molar-refractivity contribution < 1.29 is 42.9 Å². The van der Waals surface area contributed by atoms with Crippen molar-refractivity contribution in [1.29, 1.82) is 0 Å². The van der Waals surface area contributed by atoms with Gasteiger partial charge in [0.2, 0.25) is 0 Å². The zero-order chi connectivity index (χ0) is 32.9. The molecule has 0 unspecified atom stereocenters. The molecule has 10 heteroatoms. The summed E-state index contributed by atoms with van der Waals surface area (Å²) in [5, 5.41) is 0. The maximum atomic E-state index is 11.4. The van der Waals surface area contributed by atoms with E-state index in [0.717, 1.165) is 0 Å². The zero-order valence-corrected chi connectivity index (χ0v) is 32.7. The van der Waals surface area contributed by atoms with E-state index in [1.807, 2.05) is 83.1 Å². The van der Waals surface area contributed by atoms with E-state index in [1.165, 1.54) is 12.8 Å². The molecule has 42 heavy (non-hydrogen) atoms. The van der Waals surface area contributed by atoms with Crippen LogP contribution in [0.15, 0.2) is 0 Å². The van der Waals surface area contributed by atoms with Crippen molar-refractivity contribution in [1.82, 2.24) is 0 Å². The topological polar surface area (TPSA) is 114 Å². The summed E-state index contributed by atoms with van der Waals surface area (Å²) in [5.41, 5.74) is -1.83. The fourth-order valence-electron chi connectivity index (χ4n) is 1.93. The van der Waals surface area contributed by atoms with Gasteiger partial charge >= 0.3 is 45.5 Å². The number of ether oxygens (including phenoxy) is 5. The van der Waals surface area contributed by atoms with Crippen molar-refractivity contribution in [3.8, 4) is 0 Å². The van der Waals surface area contributed by atoms with Crippen LogP contribution in [-0.4, -0.2) is 136 Å². The second-order valence-corrected chi connectivity index (χ2v) is 13.6. The van der Waals surface area contributed by atoms with Crippen molar-refractivity contribution in [2.75, 3.05) is 67.1 Å². The molecule has 0 rings (SSSR count). The van der Waals surface area contributed by atoms with E-state index < -0.39 is 21.7 Å². The van der Waals surface area contributed by atoms with E-state index in [2.05, 4.69) is 0 Å². The first-order valence-electron chi connectivity index (χ1n) is 14.1. The Hall–Kier alpha value is -0.299. The molecule has 0 fully saturated rings. The monoisotopic (exact) mass is 676 g/mol. The summed E-state index contributed by atoms with van der Waals surface area (Å²) in [4.78, 5) is 45.8. The molecule has 0 aromatic carbocycles.